The summed E-state index contributed by atoms with van der Waals surface area (Å²) in [6.45, 7) is 6.77. The Balaban J connectivity index is 0.000000461. The number of hydrogen-bond acceptors (Lipinski definition) is 3. The lowest BCUT2D eigenvalue weighted by molar-refractivity contribution is 1.05. The van der Waals surface area contributed by atoms with Crippen molar-refractivity contribution in [3.8, 4) is 0 Å². The van der Waals surface area contributed by atoms with Gasteiger partial charge in [0.1, 0.15) is 12.5 Å². The van der Waals surface area contributed by atoms with E-state index in [9.17, 15) is 0 Å². The second-order valence-electron chi connectivity index (χ2n) is 2.69. The number of anilines is 1. The van der Waals surface area contributed by atoms with Crippen molar-refractivity contribution in [3.05, 3.63) is 23.9 Å². The first-order chi connectivity index (χ1) is 6.92. The summed E-state index contributed by atoms with van der Waals surface area (Å²) < 4.78 is 0. The van der Waals surface area contributed by atoms with Gasteiger partial charge in [-0.2, -0.15) is 0 Å². The van der Waals surface area contributed by atoms with Gasteiger partial charge in [-0.1, -0.05) is 20.8 Å². The topological polar surface area (TPSA) is 37.3 Å². The second-order valence-corrected chi connectivity index (χ2v) is 2.69. The van der Waals surface area contributed by atoms with E-state index in [4.69, 9.17) is 0 Å². The molecule has 1 aliphatic rings. The zero-order valence-corrected chi connectivity index (χ0v) is 9.04. The van der Waals surface area contributed by atoms with Crippen LogP contribution in [0.1, 0.15) is 32.8 Å². The number of aromatic nitrogens is 1. The van der Waals surface area contributed by atoms with Crippen LogP contribution in [0.4, 0.5) is 5.82 Å². The van der Waals surface area contributed by atoms with Crippen LogP contribution in [0.5, 0.6) is 0 Å². The maximum atomic E-state index is 4.35. The van der Waals surface area contributed by atoms with Crippen molar-refractivity contribution in [2.24, 2.45) is 4.99 Å². The van der Waals surface area contributed by atoms with Crippen LogP contribution in [0.25, 0.3) is 0 Å². The quantitative estimate of drug-likeness (QED) is 0.741. The predicted octanol–water partition coefficient (Wildman–Crippen LogP) is 2.69. The van der Waals surface area contributed by atoms with Gasteiger partial charge in [-0.25, -0.2) is 4.98 Å². The SMILES string of the molecule is CC.CCC1=NCNc2ncccc21. The summed E-state index contributed by atoms with van der Waals surface area (Å²) in [6, 6.07) is 3.99. The van der Waals surface area contributed by atoms with Crippen molar-refractivity contribution in [1.82, 2.24) is 4.98 Å². The predicted molar refractivity (Wildman–Crippen MR) is 60.9 cm³/mol. The molecule has 3 heteroatoms. The normalized spacial score (nSPS) is 12.9. The molecule has 0 fully saturated rings. The standard InChI is InChI=1S/C9H11N3.C2H6/c1-2-8-7-4-3-5-10-9(7)12-6-11-8;1-2/h3-5H,2,6H2,1H3,(H,10,12);1-2H3. The van der Waals surface area contributed by atoms with Crippen LogP contribution in [-0.4, -0.2) is 17.4 Å². The monoisotopic (exact) mass is 191 g/mol. The molecule has 0 atom stereocenters. The first-order valence-electron chi connectivity index (χ1n) is 5.14. The van der Waals surface area contributed by atoms with E-state index in [2.05, 4.69) is 28.3 Å². The van der Waals surface area contributed by atoms with Crippen LogP contribution < -0.4 is 5.32 Å². The fourth-order valence-corrected chi connectivity index (χ4v) is 1.38. The summed E-state index contributed by atoms with van der Waals surface area (Å²) in [4.78, 5) is 8.58. The Hall–Kier alpha value is -1.38. The minimum atomic E-state index is 0.660. The van der Waals surface area contributed by atoms with Crippen molar-refractivity contribution in [1.29, 1.82) is 0 Å². The molecule has 0 spiro atoms. The van der Waals surface area contributed by atoms with Gasteiger partial charge in [0.05, 0.1) is 0 Å². The highest BCUT2D eigenvalue weighted by Crippen LogP contribution is 2.17. The number of rotatable bonds is 1. The highest BCUT2D eigenvalue weighted by molar-refractivity contribution is 6.05. The molecule has 0 saturated carbocycles. The molecule has 1 aromatic rings. The van der Waals surface area contributed by atoms with Gasteiger partial charge in [0.15, 0.2) is 0 Å². The first kappa shape index (κ1) is 10.7. The second kappa shape index (κ2) is 5.37. The largest absolute Gasteiger partial charge is 0.350 e. The highest BCUT2D eigenvalue weighted by atomic mass is 15.1. The molecule has 0 unspecified atom stereocenters. The summed E-state index contributed by atoms with van der Waals surface area (Å²) >= 11 is 0. The van der Waals surface area contributed by atoms with Crippen LogP contribution in [0.2, 0.25) is 0 Å². The average Bonchev–Trinajstić information content (AvgIpc) is 2.31. The van der Waals surface area contributed by atoms with Crippen molar-refractivity contribution < 1.29 is 0 Å². The van der Waals surface area contributed by atoms with Crippen molar-refractivity contribution in [3.63, 3.8) is 0 Å². The molecule has 3 nitrogen and oxygen atoms in total. The Bertz CT molecular complexity index is 318. The van der Waals surface area contributed by atoms with Gasteiger partial charge < -0.3 is 5.32 Å². The van der Waals surface area contributed by atoms with Crippen LogP contribution in [0, 0.1) is 0 Å². The summed E-state index contributed by atoms with van der Waals surface area (Å²) in [7, 11) is 0. The fourth-order valence-electron chi connectivity index (χ4n) is 1.38. The third-order valence-electron chi connectivity index (χ3n) is 1.97. The van der Waals surface area contributed by atoms with E-state index >= 15 is 0 Å². The third kappa shape index (κ3) is 2.10. The number of aliphatic imine (C=N–C) groups is 1. The van der Waals surface area contributed by atoms with Crippen LogP contribution >= 0.6 is 0 Å². The lowest BCUT2D eigenvalue weighted by Gasteiger charge is -2.15. The molecule has 0 bridgehead atoms. The van der Waals surface area contributed by atoms with E-state index in [0.29, 0.717) is 6.67 Å². The van der Waals surface area contributed by atoms with E-state index in [-0.39, 0.29) is 0 Å². The lowest BCUT2D eigenvalue weighted by Crippen LogP contribution is -2.15. The van der Waals surface area contributed by atoms with Gasteiger partial charge >= 0.3 is 0 Å². The van der Waals surface area contributed by atoms with Gasteiger partial charge in [0.2, 0.25) is 0 Å². The number of nitrogens with one attached hydrogen (secondary N) is 1. The summed E-state index contributed by atoms with van der Waals surface area (Å²) in [6.07, 6.45) is 2.77. The lowest BCUT2D eigenvalue weighted by atomic mass is 10.1. The molecule has 0 amide bonds. The van der Waals surface area contributed by atoms with E-state index in [1.54, 1.807) is 6.20 Å². The molecule has 1 aromatic heterocycles. The average molecular weight is 191 g/mol. The minimum Gasteiger partial charge on any atom is -0.350 e. The summed E-state index contributed by atoms with van der Waals surface area (Å²) in [5.41, 5.74) is 2.29. The Labute approximate surface area is 85.3 Å². The Kier molecular flexibility index (Phi) is 4.11. The van der Waals surface area contributed by atoms with E-state index < -0.39 is 0 Å². The Morgan fingerprint density at radius 1 is 1.43 bits per heavy atom. The molecule has 0 radical (unpaired) electrons. The molecule has 0 aromatic carbocycles. The molecular weight excluding hydrogens is 174 g/mol. The van der Waals surface area contributed by atoms with Gasteiger partial charge in [-0.3, -0.25) is 4.99 Å². The van der Waals surface area contributed by atoms with Gasteiger partial charge in [-0.05, 0) is 18.6 Å². The molecule has 2 heterocycles. The fraction of sp³-hybridized carbons (Fsp3) is 0.455. The Morgan fingerprint density at radius 3 is 2.93 bits per heavy atom. The first-order valence-corrected chi connectivity index (χ1v) is 5.14. The van der Waals surface area contributed by atoms with Gasteiger partial charge in [-0.15, -0.1) is 0 Å². The minimum absolute atomic E-state index is 0.660. The number of fused-ring (bicyclic) bond motifs is 1. The van der Waals surface area contributed by atoms with E-state index in [1.807, 2.05) is 19.9 Å². The Morgan fingerprint density at radius 2 is 2.21 bits per heavy atom. The van der Waals surface area contributed by atoms with Crippen LogP contribution in [-0.2, 0) is 0 Å². The van der Waals surface area contributed by atoms with Crippen LogP contribution in [0.15, 0.2) is 23.3 Å². The summed E-state index contributed by atoms with van der Waals surface area (Å²) in [5, 5.41) is 3.13. The maximum absolute atomic E-state index is 4.35. The molecule has 1 N–H and O–H groups in total. The molecule has 14 heavy (non-hydrogen) atoms. The zero-order valence-electron chi connectivity index (χ0n) is 9.04. The number of nitrogens with zero attached hydrogens (tertiary/aromatic N) is 2. The van der Waals surface area contributed by atoms with Gasteiger partial charge in [0, 0.05) is 17.5 Å². The smallest absolute Gasteiger partial charge is 0.136 e. The van der Waals surface area contributed by atoms with Gasteiger partial charge in [0.25, 0.3) is 0 Å². The molecule has 0 aliphatic carbocycles. The molecule has 2 rings (SSSR count). The zero-order chi connectivity index (χ0) is 10.4. The van der Waals surface area contributed by atoms with Crippen molar-refractivity contribution >= 4 is 11.5 Å². The number of hydrogen-bond donors (Lipinski definition) is 1. The molecular formula is C11H17N3. The maximum Gasteiger partial charge on any atom is 0.136 e. The molecule has 0 saturated heterocycles. The number of pyridine rings is 1. The van der Waals surface area contributed by atoms with E-state index in [1.165, 1.54) is 0 Å². The van der Waals surface area contributed by atoms with Crippen molar-refractivity contribution in [2.45, 2.75) is 27.2 Å². The third-order valence-corrected chi connectivity index (χ3v) is 1.97. The highest BCUT2D eigenvalue weighted by Gasteiger charge is 2.11. The van der Waals surface area contributed by atoms with Crippen LogP contribution in [0.3, 0.4) is 0 Å². The molecule has 76 valence electrons. The summed E-state index contributed by atoms with van der Waals surface area (Å²) in [5.74, 6) is 0.962. The molecule has 1 aliphatic heterocycles. The van der Waals surface area contributed by atoms with Crippen molar-refractivity contribution in [2.75, 3.05) is 12.0 Å². The van der Waals surface area contributed by atoms with E-state index in [0.717, 1.165) is 23.5 Å².